The van der Waals surface area contributed by atoms with Gasteiger partial charge in [0.2, 0.25) is 0 Å². The van der Waals surface area contributed by atoms with Gasteiger partial charge in [-0.15, -0.1) is 0 Å². The summed E-state index contributed by atoms with van der Waals surface area (Å²) in [6.07, 6.45) is 3.97. The molecule has 0 radical (unpaired) electrons. The number of nitrogen functional groups attached to an aromatic ring is 1. The smallest absolute Gasteiger partial charge is 0.139 e. The fourth-order valence-electron chi connectivity index (χ4n) is 2.42. The van der Waals surface area contributed by atoms with Crippen molar-refractivity contribution in [3.05, 3.63) is 42.7 Å². The van der Waals surface area contributed by atoms with Crippen molar-refractivity contribution in [3.63, 3.8) is 0 Å². The van der Waals surface area contributed by atoms with E-state index >= 15 is 0 Å². The summed E-state index contributed by atoms with van der Waals surface area (Å²) in [5.74, 6) is 0. The molecule has 3 rings (SSSR count). The topological polar surface area (TPSA) is 43.8 Å². The Morgan fingerprint density at radius 1 is 1.10 bits per heavy atom. The molecule has 4 heteroatoms. The van der Waals surface area contributed by atoms with Gasteiger partial charge >= 0.3 is 0 Å². The SMILES string of the molecule is Cn1ccc2cc(-c3ccc(N)c(P(C)C)c3)cnc21. The van der Waals surface area contributed by atoms with Crippen LogP contribution >= 0.6 is 7.92 Å². The van der Waals surface area contributed by atoms with Gasteiger partial charge < -0.3 is 10.3 Å². The third-order valence-corrected chi connectivity index (χ3v) is 4.90. The van der Waals surface area contributed by atoms with Crippen LogP contribution in [0.5, 0.6) is 0 Å². The van der Waals surface area contributed by atoms with E-state index in [4.69, 9.17) is 5.73 Å². The number of nitrogens with zero attached hydrogens (tertiary/aromatic N) is 2. The molecule has 2 aromatic heterocycles. The maximum Gasteiger partial charge on any atom is 0.139 e. The highest BCUT2D eigenvalue weighted by molar-refractivity contribution is 7.64. The van der Waals surface area contributed by atoms with Crippen molar-refractivity contribution in [2.75, 3.05) is 19.1 Å². The van der Waals surface area contributed by atoms with Crippen molar-refractivity contribution in [1.29, 1.82) is 0 Å². The molecule has 0 aliphatic carbocycles. The molecule has 0 bridgehead atoms. The zero-order chi connectivity index (χ0) is 14.3. The molecule has 3 aromatic rings. The molecule has 0 aliphatic rings. The molecule has 2 N–H and O–H groups in total. The van der Waals surface area contributed by atoms with Crippen molar-refractivity contribution >= 4 is 29.9 Å². The predicted molar refractivity (Wildman–Crippen MR) is 89.0 cm³/mol. The van der Waals surface area contributed by atoms with Gasteiger partial charge in [-0.1, -0.05) is 14.0 Å². The third kappa shape index (κ3) is 2.19. The number of benzene rings is 1. The largest absolute Gasteiger partial charge is 0.398 e. The normalized spacial score (nSPS) is 11.4. The minimum absolute atomic E-state index is 0.203. The van der Waals surface area contributed by atoms with Gasteiger partial charge in [-0.3, -0.25) is 0 Å². The summed E-state index contributed by atoms with van der Waals surface area (Å²) in [5, 5.41) is 2.42. The first-order valence-electron chi connectivity index (χ1n) is 6.54. The fourth-order valence-corrected chi connectivity index (χ4v) is 3.41. The molecule has 0 atom stereocenters. The molecule has 0 saturated carbocycles. The Hall–Kier alpha value is -1.86. The number of hydrogen-bond donors (Lipinski definition) is 1. The van der Waals surface area contributed by atoms with E-state index in [0.717, 1.165) is 16.9 Å². The molecule has 0 aliphatic heterocycles. The molecule has 102 valence electrons. The first kappa shape index (κ1) is 13.1. The van der Waals surface area contributed by atoms with E-state index in [9.17, 15) is 0 Å². The van der Waals surface area contributed by atoms with E-state index in [-0.39, 0.29) is 7.92 Å². The van der Waals surface area contributed by atoms with Crippen molar-refractivity contribution in [2.24, 2.45) is 7.05 Å². The lowest BCUT2D eigenvalue weighted by atomic mass is 10.1. The first-order chi connectivity index (χ1) is 9.56. The molecule has 1 aromatic carbocycles. The molecule has 0 fully saturated rings. The molecule has 0 spiro atoms. The van der Waals surface area contributed by atoms with Crippen molar-refractivity contribution in [1.82, 2.24) is 9.55 Å². The monoisotopic (exact) mass is 283 g/mol. The van der Waals surface area contributed by atoms with Gasteiger partial charge in [0.15, 0.2) is 0 Å². The van der Waals surface area contributed by atoms with Crippen LogP contribution in [0, 0.1) is 0 Å². The van der Waals surface area contributed by atoms with Crippen molar-refractivity contribution in [3.8, 4) is 11.1 Å². The Morgan fingerprint density at radius 2 is 1.90 bits per heavy atom. The number of anilines is 1. The highest BCUT2D eigenvalue weighted by atomic mass is 31.1. The molecular formula is C16H18N3P. The van der Waals surface area contributed by atoms with E-state index in [1.54, 1.807) is 0 Å². The Labute approximate surface area is 120 Å². The van der Waals surface area contributed by atoms with Gasteiger partial charge in [-0.05, 0) is 48.5 Å². The lowest BCUT2D eigenvalue weighted by Crippen LogP contribution is -2.07. The Morgan fingerprint density at radius 3 is 2.65 bits per heavy atom. The number of hydrogen-bond acceptors (Lipinski definition) is 2. The van der Waals surface area contributed by atoms with Crippen LogP contribution in [0.25, 0.3) is 22.2 Å². The van der Waals surface area contributed by atoms with Gasteiger partial charge in [0.05, 0.1) is 0 Å². The molecular weight excluding hydrogens is 265 g/mol. The average Bonchev–Trinajstić information content (AvgIpc) is 2.80. The van der Waals surface area contributed by atoms with Gasteiger partial charge in [-0.2, -0.15) is 0 Å². The van der Waals surface area contributed by atoms with Crippen LogP contribution in [0.15, 0.2) is 42.7 Å². The Bertz CT molecular complexity index is 774. The third-order valence-electron chi connectivity index (χ3n) is 3.55. The number of rotatable bonds is 2. The van der Waals surface area contributed by atoms with E-state index in [0.29, 0.717) is 0 Å². The minimum Gasteiger partial charge on any atom is -0.398 e. The number of fused-ring (bicyclic) bond motifs is 1. The van der Waals surface area contributed by atoms with E-state index in [1.807, 2.05) is 30.1 Å². The second kappa shape index (κ2) is 4.92. The zero-order valence-corrected chi connectivity index (χ0v) is 12.9. The van der Waals surface area contributed by atoms with Crippen LogP contribution in [-0.4, -0.2) is 22.9 Å². The summed E-state index contributed by atoms with van der Waals surface area (Å²) < 4.78 is 2.03. The molecule has 3 nitrogen and oxygen atoms in total. The van der Waals surface area contributed by atoms with E-state index < -0.39 is 0 Å². The first-order valence-corrected chi connectivity index (χ1v) is 8.78. The van der Waals surface area contributed by atoms with E-state index in [1.165, 1.54) is 16.3 Å². The minimum atomic E-state index is -0.203. The van der Waals surface area contributed by atoms with Crippen LogP contribution < -0.4 is 11.0 Å². The van der Waals surface area contributed by atoms with Gasteiger partial charge in [0, 0.05) is 36.1 Å². The maximum absolute atomic E-state index is 6.06. The summed E-state index contributed by atoms with van der Waals surface area (Å²) in [4.78, 5) is 4.55. The van der Waals surface area contributed by atoms with Crippen molar-refractivity contribution in [2.45, 2.75) is 0 Å². The second-order valence-electron chi connectivity index (χ2n) is 5.23. The van der Waals surface area contributed by atoms with Crippen LogP contribution in [0.2, 0.25) is 0 Å². The lowest BCUT2D eigenvalue weighted by Gasteiger charge is -2.12. The molecule has 2 heterocycles. The molecule has 20 heavy (non-hydrogen) atoms. The van der Waals surface area contributed by atoms with Gasteiger partial charge in [0.1, 0.15) is 5.65 Å². The van der Waals surface area contributed by atoms with Crippen LogP contribution in [-0.2, 0) is 7.05 Å². The average molecular weight is 283 g/mol. The molecule has 0 amide bonds. The summed E-state index contributed by atoms with van der Waals surface area (Å²) in [6.45, 7) is 4.45. The van der Waals surface area contributed by atoms with Crippen LogP contribution in [0.1, 0.15) is 0 Å². The zero-order valence-electron chi connectivity index (χ0n) is 12.0. The lowest BCUT2D eigenvalue weighted by molar-refractivity contribution is 0.949. The molecule has 0 saturated heterocycles. The van der Waals surface area contributed by atoms with E-state index in [2.05, 4.69) is 42.6 Å². The van der Waals surface area contributed by atoms with Gasteiger partial charge in [-0.25, -0.2) is 4.98 Å². The number of aromatic nitrogens is 2. The summed E-state index contributed by atoms with van der Waals surface area (Å²) in [6, 6.07) is 10.6. The summed E-state index contributed by atoms with van der Waals surface area (Å²) >= 11 is 0. The number of aryl methyl sites for hydroxylation is 1. The molecule has 0 unspecified atom stereocenters. The maximum atomic E-state index is 6.06. The summed E-state index contributed by atoms with van der Waals surface area (Å²) in [7, 11) is 1.81. The summed E-state index contributed by atoms with van der Waals surface area (Å²) in [5.41, 5.74) is 10.3. The number of pyridine rings is 1. The van der Waals surface area contributed by atoms with Crippen LogP contribution in [0.3, 0.4) is 0 Å². The van der Waals surface area contributed by atoms with Crippen molar-refractivity contribution < 1.29 is 0 Å². The standard InChI is InChI=1S/C16H18N3P/c1-19-7-6-12-8-13(10-18-16(12)19)11-4-5-14(17)15(9-11)20(2)3/h4-10H,17H2,1-3H3. The van der Waals surface area contributed by atoms with Crippen LogP contribution in [0.4, 0.5) is 5.69 Å². The number of nitrogens with two attached hydrogens (primary N) is 1. The van der Waals surface area contributed by atoms with Gasteiger partial charge in [0.25, 0.3) is 0 Å². The second-order valence-corrected chi connectivity index (χ2v) is 7.50. The Balaban J connectivity index is 2.12. The fraction of sp³-hybridized carbons (Fsp3) is 0.188. The predicted octanol–water partition coefficient (Wildman–Crippen LogP) is 3.19. The quantitative estimate of drug-likeness (QED) is 0.580. The Kier molecular flexibility index (Phi) is 3.23. The highest BCUT2D eigenvalue weighted by Crippen LogP contribution is 2.30. The highest BCUT2D eigenvalue weighted by Gasteiger charge is 2.08.